The normalized spacial score (nSPS) is 19.0. The number of aryl methyl sites for hydroxylation is 2. The fraction of sp³-hybridized carbons (Fsp3) is 0.545. The van der Waals surface area contributed by atoms with Crippen LogP contribution in [0.2, 0.25) is 0 Å². The van der Waals surface area contributed by atoms with Crippen LogP contribution in [0, 0.1) is 12.8 Å². The van der Waals surface area contributed by atoms with Crippen molar-refractivity contribution in [1.82, 2.24) is 20.0 Å². The summed E-state index contributed by atoms with van der Waals surface area (Å²) in [5.41, 5.74) is 1.00. The Kier molecular flexibility index (Phi) is 4.86. The van der Waals surface area contributed by atoms with Gasteiger partial charge >= 0.3 is 0 Å². The first-order chi connectivity index (χ1) is 14.1. The van der Waals surface area contributed by atoms with E-state index >= 15 is 0 Å². The monoisotopic (exact) mass is 410 g/mol. The molecular formula is C22H26N4O2S. The lowest BCUT2D eigenvalue weighted by Gasteiger charge is -2.40. The molecule has 2 aromatic heterocycles. The molecular weight excluding hydrogens is 384 g/mol. The highest BCUT2D eigenvalue weighted by atomic mass is 32.1. The topological polar surface area (TPSA) is 72.1 Å². The molecule has 1 aliphatic heterocycles. The van der Waals surface area contributed by atoms with Gasteiger partial charge in [-0.05, 0) is 37.3 Å². The molecule has 2 aliphatic rings. The van der Waals surface area contributed by atoms with Crippen molar-refractivity contribution < 1.29 is 9.32 Å². The second-order valence-electron chi connectivity index (χ2n) is 8.52. The Hall–Kier alpha value is -2.28. The lowest BCUT2D eigenvalue weighted by molar-refractivity contribution is -0.132. The van der Waals surface area contributed by atoms with E-state index in [1.807, 2.05) is 30.0 Å². The molecule has 0 spiro atoms. The van der Waals surface area contributed by atoms with Crippen molar-refractivity contribution in [3.8, 4) is 0 Å². The van der Waals surface area contributed by atoms with Gasteiger partial charge in [-0.3, -0.25) is 4.79 Å². The van der Waals surface area contributed by atoms with Gasteiger partial charge in [0, 0.05) is 38.3 Å². The van der Waals surface area contributed by atoms with Gasteiger partial charge in [-0.15, -0.1) is 11.3 Å². The number of benzene rings is 1. The Balaban J connectivity index is 1.21. The van der Waals surface area contributed by atoms with E-state index in [-0.39, 0.29) is 11.3 Å². The van der Waals surface area contributed by atoms with Gasteiger partial charge in [-0.2, -0.15) is 4.98 Å². The number of rotatable bonds is 6. The molecule has 29 heavy (non-hydrogen) atoms. The van der Waals surface area contributed by atoms with Crippen LogP contribution in [0.5, 0.6) is 0 Å². The first-order valence-electron chi connectivity index (χ1n) is 10.5. The van der Waals surface area contributed by atoms with Gasteiger partial charge in [0.1, 0.15) is 0 Å². The number of likely N-dealkylation sites (tertiary alicyclic amines) is 1. The van der Waals surface area contributed by atoms with E-state index in [9.17, 15) is 4.79 Å². The van der Waals surface area contributed by atoms with Crippen molar-refractivity contribution in [2.45, 2.75) is 57.3 Å². The predicted molar refractivity (Wildman–Crippen MR) is 112 cm³/mol. The number of nitrogens with zero attached hydrogens (tertiary/aromatic N) is 4. The molecule has 152 valence electrons. The number of thiazole rings is 1. The average molecular weight is 411 g/mol. The molecule has 2 fully saturated rings. The maximum Gasteiger partial charge on any atom is 0.223 e. The fourth-order valence-electron chi connectivity index (χ4n) is 4.49. The first kappa shape index (κ1) is 18.7. The summed E-state index contributed by atoms with van der Waals surface area (Å²) in [5, 5.41) is 5.31. The Morgan fingerprint density at radius 1 is 1.24 bits per heavy atom. The third-order valence-corrected chi connectivity index (χ3v) is 7.44. The molecule has 5 rings (SSSR count). The van der Waals surface area contributed by atoms with Gasteiger partial charge in [0.25, 0.3) is 0 Å². The fourth-order valence-corrected chi connectivity index (χ4v) is 5.46. The van der Waals surface area contributed by atoms with Crippen LogP contribution in [-0.4, -0.2) is 39.0 Å². The highest BCUT2D eigenvalue weighted by molar-refractivity contribution is 7.18. The lowest BCUT2D eigenvalue weighted by Crippen LogP contribution is -2.46. The molecule has 0 radical (unpaired) electrons. The predicted octanol–water partition coefficient (Wildman–Crippen LogP) is 4.28. The number of hydrogen-bond acceptors (Lipinski definition) is 6. The summed E-state index contributed by atoms with van der Waals surface area (Å²) in [5.74, 6) is 2.50. The molecule has 3 heterocycles. The molecule has 0 bridgehead atoms. The standard InChI is InChI=1S/C22H26N4O2S/c1-15-23-21(25-28-15)22(14-16-6-7-16)10-12-26(13-11-22)20(27)9-8-19-24-17-4-2-3-5-18(17)29-19/h2-5,16H,6-14H2,1H3. The summed E-state index contributed by atoms with van der Waals surface area (Å²) in [6, 6.07) is 8.15. The van der Waals surface area contributed by atoms with Crippen molar-refractivity contribution in [2.24, 2.45) is 5.92 Å². The molecule has 6 nitrogen and oxygen atoms in total. The van der Waals surface area contributed by atoms with Crippen LogP contribution in [0.25, 0.3) is 10.2 Å². The molecule has 7 heteroatoms. The Labute approximate surface area is 174 Å². The van der Waals surface area contributed by atoms with Crippen molar-refractivity contribution in [3.63, 3.8) is 0 Å². The van der Waals surface area contributed by atoms with Gasteiger partial charge in [0.15, 0.2) is 5.82 Å². The molecule has 1 saturated carbocycles. The minimum atomic E-state index is -0.0251. The average Bonchev–Trinajstić information content (AvgIpc) is 3.26. The highest BCUT2D eigenvalue weighted by Gasteiger charge is 2.44. The largest absolute Gasteiger partial charge is 0.343 e. The van der Waals surface area contributed by atoms with E-state index < -0.39 is 0 Å². The van der Waals surface area contributed by atoms with E-state index in [4.69, 9.17) is 4.52 Å². The smallest absolute Gasteiger partial charge is 0.223 e. The van der Waals surface area contributed by atoms with Crippen molar-refractivity contribution in [1.29, 1.82) is 0 Å². The lowest BCUT2D eigenvalue weighted by atomic mass is 9.73. The molecule has 0 N–H and O–H groups in total. The van der Waals surface area contributed by atoms with Gasteiger partial charge < -0.3 is 9.42 Å². The molecule has 1 aliphatic carbocycles. The van der Waals surface area contributed by atoms with Gasteiger partial charge in [-0.25, -0.2) is 4.98 Å². The molecule has 1 aromatic carbocycles. The van der Waals surface area contributed by atoms with Gasteiger partial charge in [0.2, 0.25) is 11.8 Å². The maximum absolute atomic E-state index is 12.8. The number of carbonyl (C=O) groups excluding carboxylic acids is 1. The Morgan fingerprint density at radius 3 is 2.72 bits per heavy atom. The summed E-state index contributed by atoms with van der Waals surface area (Å²) in [7, 11) is 0. The van der Waals surface area contributed by atoms with Crippen LogP contribution in [0.4, 0.5) is 0 Å². The zero-order valence-corrected chi connectivity index (χ0v) is 17.6. The minimum absolute atomic E-state index is 0.0251. The van der Waals surface area contributed by atoms with E-state index in [2.05, 4.69) is 21.2 Å². The zero-order valence-electron chi connectivity index (χ0n) is 16.8. The molecule has 0 atom stereocenters. The SMILES string of the molecule is Cc1nc(C2(CC3CC3)CCN(C(=O)CCc3nc4ccccc4s3)CC2)no1. The molecule has 1 amide bonds. The van der Waals surface area contributed by atoms with E-state index in [0.717, 1.165) is 54.6 Å². The third-order valence-electron chi connectivity index (χ3n) is 6.34. The highest BCUT2D eigenvalue weighted by Crippen LogP contribution is 2.46. The summed E-state index contributed by atoms with van der Waals surface area (Å²) < 4.78 is 6.47. The Morgan fingerprint density at radius 2 is 2.03 bits per heavy atom. The van der Waals surface area contributed by atoms with Crippen LogP contribution in [0.15, 0.2) is 28.8 Å². The van der Waals surface area contributed by atoms with Crippen molar-refractivity contribution >= 4 is 27.5 Å². The van der Waals surface area contributed by atoms with Crippen LogP contribution in [-0.2, 0) is 16.6 Å². The number of carbonyl (C=O) groups is 1. The van der Waals surface area contributed by atoms with Crippen molar-refractivity contribution in [2.75, 3.05) is 13.1 Å². The van der Waals surface area contributed by atoms with Gasteiger partial charge in [0.05, 0.1) is 15.2 Å². The number of piperidine rings is 1. The summed E-state index contributed by atoms with van der Waals surface area (Å²) in [6.45, 7) is 3.40. The van der Waals surface area contributed by atoms with Crippen molar-refractivity contribution in [3.05, 3.63) is 41.0 Å². The van der Waals surface area contributed by atoms with Crippen LogP contribution in [0.3, 0.4) is 0 Å². The number of para-hydroxylation sites is 1. The quantitative estimate of drug-likeness (QED) is 0.606. The van der Waals surface area contributed by atoms with E-state index in [1.54, 1.807) is 11.3 Å². The number of fused-ring (bicyclic) bond motifs is 1. The van der Waals surface area contributed by atoms with Gasteiger partial charge in [-0.1, -0.05) is 30.1 Å². The Bertz CT molecular complexity index is 982. The maximum atomic E-state index is 12.8. The molecule has 1 saturated heterocycles. The third kappa shape index (κ3) is 3.92. The number of amides is 1. The van der Waals surface area contributed by atoms with Crippen LogP contribution in [0.1, 0.15) is 55.2 Å². The zero-order chi connectivity index (χ0) is 19.8. The number of aromatic nitrogens is 3. The summed E-state index contributed by atoms with van der Waals surface area (Å²) >= 11 is 1.69. The summed E-state index contributed by atoms with van der Waals surface area (Å²) in [6.07, 6.45) is 6.83. The summed E-state index contributed by atoms with van der Waals surface area (Å²) in [4.78, 5) is 24.1. The van der Waals surface area contributed by atoms with Crippen LogP contribution >= 0.6 is 11.3 Å². The molecule has 0 unspecified atom stereocenters. The van der Waals surface area contributed by atoms with Crippen LogP contribution < -0.4 is 0 Å². The second-order valence-corrected chi connectivity index (χ2v) is 9.64. The minimum Gasteiger partial charge on any atom is -0.343 e. The molecule has 3 aromatic rings. The number of hydrogen-bond donors (Lipinski definition) is 0. The van der Waals surface area contributed by atoms with E-state index in [0.29, 0.717) is 18.7 Å². The van der Waals surface area contributed by atoms with E-state index in [1.165, 1.54) is 17.5 Å². The second kappa shape index (κ2) is 7.52. The first-order valence-corrected chi connectivity index (χ1v) is 11.4.